The van der Waals surface area contributed by atoms with Crippen LogP contribution in [-0.2, 0) is 0 Å². The Hall–Kier alpha value is -0.550. The molecule has 0 aromatic heterocycles. The summed E-state index contributed by atoms with van der Waals surface area (Å²) in [6.07, 6.45) is -2.89. The Balaban J connectivity index is 3.51. The molecule has 0 bridgehead atoms. The Morgan fingerprint density at radius 1 is 1.50 bits per heavy atom. The van der Waals surface area contributed by atoms with E-state index in [2.05, 4.69) is 15.9 Å². The fourth-order valence-corrected chi connectivity index (χ4v) is 1.83. The minimum Gasteiger partial charge on any atom is -0.298 e. The lowest BCUT2D eigenvalue weighted by molar-refractivity contribution is 0.111. The van der Waals surface area contributed by atoms with Gasteiger partial charge in [-0.2, -0.15) is 0 Å². The molecule has 76 valence electrons. The monoisotopic (exact) mass is 286 g/mol. The van der Waals surface area contributed by atoms with Crippen LogP contribution in [0.25, 0.3) is 0 Å². The number of hydrogen-bond donors (Lipinski definition) is 0. The van der Waals surface area contributed by atoms with E-state index < -0.39 is 28.4 Å². The summed E-state index contributed by atoms with van der Waals surface area (Å²) in [4.78, 5) is 10.4. The van der Waals surface area contributed by atoms with E-state index in [-0.39, 0.29) is 10.8 Å². The van der Waals surface area contributed by atoms with Crippen LogP contribution in [0.1, 0.15) is 22.3 Å². The first-order valence-electron chi connectivity index (χ1n) is 3.39. The van der Waals surface area contributed by atoms with Gasteiger partial charge in [0, 0.05) is 4.47 Å². The van der Waals surface area contributed by atoms with E-state index in [1.165, 1.54) is 0 Å². The molecule has 0 fully saturated rings. The van der Waals surface area contributed by atoms with Crippen molar-refractivity contribution < 1.29 is 18.0 Å². The molecule has 1 aromatic carbocycles. The topological polar surface area (TPSA) is 17.1 Å². The van der Waals surface area contributed by atoms with Crippen molar-refractivity contribution in [2.75, 3.05) is 0 Å². The molecule has 6 heteroatoms. The van der Waals surface area contributed by atoms with Crippen LogP contribution in [0.5, 0.6) is 0 Å². The third-order valence-corrected chi connectivity index (χ3v) is 2.55. The molecule has 0 radical (unpaired) electrons. The van der Waals surface area contributed by atoms with Gasteiger partial charge in [0.05, 0.1) is 16.1 Å². The first-order valence-corrected chi connectivity index (χ1v) is 4.56. The quantitative estimate of drug-likeness (QED) is 0.752. The van der Waals surface area contributed by atoms with E-state index in [1.54, 1.807) is 0 Å². The van der Waals surface area contributed by atoms with Gasteiger partial charge in [-0.05, 0) is 22.0 Å². The van der Waals surface area contributed by atoms with Crippen LogP contribution in [0.3, 0.4) is 0 Å². The van der Waals surface area contributed by atoms with E-state index in [0.29, 0.717) is 0 Å². The zero-order valence-corrected chi connectivity index (χ0v) is 8.87. The molecule has 0 amide bonds. The molecule has 0 aliphatic rings. The lowest BCUT2D eigenvalue weighted by Gasteiger charge is -2.07. The smallest absolute Gasteiger partial charge is 0.268 e. The molecular weight excluding hydrogens is 284 g/mol. The van der Waals surface area contributed by atoms with Crippen LogP contribution in [0, 0.1) is 5.82 Å². The summed E-state index contributed by atoms with van der Waals surface area (Å²) in [5.41, 5.74) is -1.40. The Morgan fingerprint density at radius 2 is 2.07 bits per heavy atom. The van der Waals surface area contributed by atoms with Crippen molar-refractivity contribution in [3.63, 3.8) is 0 Å². The zero-order valence-electron chi connectivity index (χ0n) is 6.53. The third kappa shape index (κ3) is 1.93. The Morgan fingerprint density at radius 3 is 2.50 bits per heavy atom. The second-order valence-corrected chi connectivity index (χ2v) is 3.66. The summed E-state index contributed by atoms with van der Waals surface area (Å²) in [5, 5.41) is -0.407. The predicted octanol–water partition coefficient (Wildman–Crippen LogP) is 3.99. The minimum absolute atomic E-state index is 0.0550. The largest absolute Gasteiger partial charge is 0.298 e. The number of hydrogen-bond acceptors (Lipinski definition) is 1. The van der Waals surface area contributed by atoms with Crippen molar-refractivity contribution in [2.45, 2.75) is 6.43 Å². The highest BCUT2D eigenvalue weighted by atomic mass is 79.9. The van der Waals surface area contributed by atoms with E-state index >= 15 is 0 Å². The highest BCUT2D eigenvalue weighted by Crippen LogP contribution is 2.34. The first-order chi connectivity index (χ1) is 6.49. The maximum absolute atomic E-state index is 13.2. The lowest BCUT2D eigenvalue weighted by Crippen LogP contribution is -1.99. The molecule has 0 saturated carbocycles. The van der Waals surface area contributed by atoms with E-state index in [1.807, 2.05) is 0 Å². The van der Waals surface area contributed by atoms with Crippen molar-refractivity contribution in [2.24, 2.45) is 0 Å². The van der Waals surface area contributed by atoms with Crippen LogP contribution >= 0.6 is 27.5 Å². The normalized spacial score (nSPS) is 10.7. The summed E-state index contributed by atoms with van der Waals surface area (Å²) < 4.78 is 37.8. The molecule has 0 saturated heterocycles. The van der Waals surface area contributed by atoms with E-state index in [0.717, 1.165) is 6.07 Å². The molecule has 0 aliphatic carbocycles. The second-order valence-electron chi connectivity index (χ2n) is 2.40. The Bertz CT molecular complexity index is 381. The molecule has 0 N–H and O–H groups in total. The molecule has 0 unspecified atom stereocenters. The van der Waals surface area contributed by atoms with Gasteiger partial charge >= 0.3 is 0 Å². The van der Waals surface area contributed by atoms with Crippen LogP contribution < -0.4 is 0 Å². The molecule has 1 rings (SSSR count). The lowest BCUT2D eigenvalue weighted by atomic mass is 10.1. The van der Waals surface area contributed by atoms with Gasteiger partial charge in [0.15, 0.2) is 6.29 Å². The van der Waals surface area contributed by atoms with E-state index in [4.69, 9.17) is 11.6 Å². The van der Waals surface area contributed by atoms with Gasteiger partial charge in [-0.3, -0.25) is 4.79 Å². The van der Waals surface area contributed by atoms with Crippen molar-refractivity contribution in [3.8, 4) is 0 Å². The molecule has 14 heavy (non-hydrogen) atoms. The molecule has 0 atom stereocenters. The maximum atomic E-state index is 13.2. The fourth-order valence-electron chi connectivity index (χ4n) is 0.930. The van der Waals surface area contributed by atoms with Crippen molar-refractivity contribution >= 4 is 33.8 Å². The zero-order chi connectivity index (χ0) is 10.9. The first kappa shape index (κ1) is 11.5. The van der Waals surface area contributed by atoms with Crippen molar-refractivity contribution in [1.82, 2.24) is 0 Å². The maximum Gasteiger partial charge on any atom is 0.268 e. The molecule has 0 heterocycles. The Kier molecular flexibility index (Phi) is 3.55. The summed E-state index contributed by atoms with van der Waals surface area (Å²) in [6, 6.07) is 1.07. The van der Waals surface area contributed by atoms with Gasteiger partial charge in [-0.1, -0.05) is 11.6 Å². The highest BCUT2D eigenvalue weighted by molar-refractivity contribution is 9.10. The number of aldehydes is 1. The number of carbonyl (C=O) groups is 1. The average Bonchev–Trinajstić information content (AvgIpc) is 2.02. The number of carbonyl (C=O) groups excluding carboxylic acids is 1. The minimum atomic E-state index is -3.05. The van der Waals surface area contributed by atoms with Gasteiger partial charge in [0.2, 0.25) is 0 Å². The van der Waals surface area contributed by atoms with Crippen LogP contribution in [0.2, 0.25) is 5.02 Å². The molecular formula is C8H3BrClF3O. The number of benzene rings is 1. The molecule has 0 aliphatic heterocycles. The van der Waals surface area contributed by atoms with E-state index in [9.17, 15) is 18.0 Å². The summed E-state index contributed by atoms with van der Waals surface area (Å²) in [6.45, 7) is 0. The SMILES string of the molecule is O=Cc1c(Br)cc(Cl)c(C(F)F)c1F. The predicted molar refractivity (Wildman–Crippen MR) is 49.5 cm³/mol. The Labute approximate surface area is 91.0 Å². The summed E-state index contributed by atoms with van der Waals surface area (Å²) in [7, 11) is 0. The summed E-state index contributed by atoms with van der Waals surface area (Å²) in [5.74, 6) is -1.28. The number of rotatable bonds is 2. The van der Waals surface area contributed by atoms with Gasteiger partial charge in [0.1, 0.15) is 5.82 Å². The van der Waals surface area contributed by atoms with Crippen LogP contribution in [0.15, 0.2) is 10.5 Å². The van der Waals surface area contributed by atoms with Gasteiger partial charge in [-0.25, -0.2) is 13.2 Å². The van der Waals surface area contributed by atoms with Crippen LogP contribution in [-0.4, -0.2) is 6.29 Å². The van der Waals surface area contributed by atoms with Crippen molar-refractivity contribution in [3.05, 3.63) is 32.5 Å². The highest BCUT2D eigenvalue weighted by Gasteiger charge is 2.22. The van der Waals surface area contributed by atoms with Crippen LogP contribution in [0.4, 0.5) is 13.2 Å². The number of halogens is 5. The van der Waals surface area contributed by atoms with Gasteiger partial charge < -0.3 is 0 Å². The third-order valence-electron chi connectivity index (χ3n) is 1.58. The number of alkyl halides is 2. The molecule has 1 aromatic rings. The van der Waals surface area contributed by atoms with Gasteiger partial charge in [0.25, 0.3) is 6.43 Å². The summed E-state index contributed by atoms with van der Waals surface area (Å²) >= 11 is 8.23. The second kappa shape index (κ2) is 4.31. The molecule has 1 nitrogen and oxygen atoms in total. The van der Waals surface area contributed by atoms with Crippen molar-refractivity contribution in [1.29, 1.82) is 0 Å². The molecule has 0 spiro atoms. The van der Waals surface area contributed by atoms with Gasteiger partial charge in [-0.15, -0.1) is 0 Å². The average molecular weight is 287 g/mol. The standard InChI is InChI=1S/C8H3BrClF3O/c9-4-1-5(10)6(8(12)13)7(11)3(4)2-14/h1-2,8H. The fraction of sp³-hybridized carbons (Fsp3) is 0.125.